The van der Waals surface area contributed by atoms with Gasteiger partial charge in [-0.2, -0.15) is 5.26 Å². The minimum Gasteiger partial charge on any atom is -0.273 e. The van der Waals surface area contributed by atoms with Gasteiger partial charge in [0.25, 0.3) is 0 Å². The first-order valence-electron chi connectivity index (χ1n) is 3.39. The summed E-state index contributed by atoms with van der Waals surface area (Å²) in [6.45, 7) is 7.08. The molecule has 0 aliphatic rings. The lowest BCUT2D eigenvalue weighted by molar-refractivity contribution is 1.17. The average molecular weight is 148 g/mol. The van der Waals surface area contributed by atoms with E-state index in [1.54, 1.807) is 13.1 Å². The summed E-state index contributed by atoms with van der Waals surface area (Å²) in [5.41, 5.74) is 1.84. The van der Waals surface area contributed by atoms with Gasteiger partial charge in [0.2, 0.25) is 0 Å². The Morgan fingerprint density at radius 2 is 2.27 bits per heavy atom. The van der Waals surface area contributed by atoms with Crippen molar-refractivity contribution in [2.75, 3.05) is 0 Å². The Morgan fingerprint density at radius 3 is 2.73 bits per heavy atom. The van der Waals surface area contributed by atoms with Crippen LogP contribution in [0.1, 0.15) is 20.3 Å². The monoisotopic (exact) mass is 148 g/mol. The van der Waals surface area contributed by atoms with Crippen LogP contribution in [0.15, 0.2) is 28.4 Å². The highest BCUT2D eigenvalue weighted by molar-refractivity contribution is 5.27. The van der Waals surface area contributed by atoms with Crippen LogP contribution in [0.3, 0.4) is 0 Å². The molecule has 2 nitrogen and oxygen atoms in total. The van der Waals surface area contributed by atoms with Crippen molar-refractivity contribution in [3.63, 3.8) is 0 Å². The second-order valence-corrected chi connectivity index (χ2v) is 2.36. The van der Waals surface area contributed by atoms with Gasteiger partial charge < -0.3 is 0 Å². The molecule has 0 bridgehead atoms. The molecule has 0 saturated carbocycles. The maximum absolute atomic E-state index is 8.40. The topological polar surface area (TPSA) is 36.1 Å². The molecule has 2 heteroatoms. The molecule has 0 saturated heterocycles. The van der Waals surface area contributed by atoms with E-state index in [2.05, 4.69) is 17.8 Å². The first kappa shape index (κ1) is 9.64. The summed E-state index contributed by atoms with van der Waals surface area (Å²) >= 11 is 0. The SMILES string of the molecule is C=N/C=C(/C)C/C=C(\C)C#N. The van der Waals surface area contributed by atoms with Crippen molar-refractivity contribution in [2.45, 2.75) is 20.3 Å². The highest BCUT2D eigenvalue weighted by Gasteiger charge is 1.86. The second-order valence-electron chi connectivity index (χ2n) is 2.36. The molecule has 0 heterocycles. The van der Waals surface area contributed by atoms with Crippen LogP contribution in [0.2, 0.25) is 0 Å². The molecule has 0 radical (unpaired) electrons. The zero-order valence-corrected chi connectivity index (χ0v) is 6.96. The van der Waals surface area contributed by atoms with E-state index in [-0.39, 0.29) is 0 Å². The fourth-order valence-corrected chi connectivity index (χ4v) is 0.568. The maximum atomic E-state index is 8.40. The van der Waals surface area contributed by atoms with Gasteiger partial charge in [-0.25, -0.2) is 0 Å². The first-order chi connectivity index (χ1) is 5.20. The molecule has 0 aromatic rings. The van der Waals surface area contributed by atoms with Gasteiger partial charge in [-0.1, -0.05) is 11.6 Å². The summed E-state index contributed by atoms with van der Waals surface area (Å²) in [5, 5.41) is 8.40. The fourth-order valence-electron chi connectivity index (χ4n) is 0.568. The van der Waals surface area contributed by atoms with E-state index in [0.29, 0.717) is 0 Å². The molecule has 58 valence electrons. The Morgan fingerprint density at radius 1 is 1.64 bits per heavy atom. The van der Waals surface area contributed by atoms with Crippen LogP contribution in [0, 0.1) is 11.3 Å². The van der Waals surface area contributed by atoms with Crippen molar-refractivity contribution in [1.29, 1.82) is 5.26 Å². The number of rotatable bonds is 3. The van der Waals surface area contributed by atoms with Crippen molar-refractivity contribution >= 4 is 6.72 Å². The van der Waals surface area contributed by atoms with Gasteiger partial charge in [0.1, 0.15) is 0 Å². The summed E-state index contributed by atoms with van der Waals surface area (Å²) in [6.07, 6.45) is 4.34. The molecular weight excluding hydrogens is 136 g/mol. The Bertz CT molecular complexity index is 228. The molecule has 11 heavy (non-hydrogen) atoms. The number of hydrogen-bond acceptors (Lipinski definition) is 2. The van der Waals surface area contributed by atoms with Crippen molar-refractivity contribution in [3.8, 4) is 6.07 Å². The van der Waals surface area contributed by atoms with E-state index in [0.717, 1.165) is 17.6 Å². The Labute approximate surface area is 67.6 Å². The molecule has 0 aromatic heterocycles. The number of hydrogen-bond donors (Lipinski definition) is 0. The number of allylic oxidation sites excluding steroid dienone is 3. The third kappa shape index (κ3) is 5.10. The predicted octanol–water partition coefficient (Wildman–Crippen LogP) is 2.45. The van der Waals surface area contributed by atoms with Crippen LogP contribution < -0.4 is 0 Å². The maximum Gasteiger partial charge on any atom is 0.0940 e. The molecular formula is C9H12N2. The molecule has 0 fully saturated rings. The lowest BCUT2D eigenvalue weighted by Gasteiger charge is -1.91. The molecule has 0 atom stereocenters. The molecule has 0 N–H and O–H groups in total. The highest BCUT2D eigenvalue weighted by Crippen LogP contribution is 2.03. The van der Waals surface area contributed by atoms with E-state index >= 15 is 0 Å². The lowest BCUT2D eigenvalue weighted by Crippen LogP contribution is -1.74. The van der Waals surface area contributed by atoms with Gasteiger partial charge in [0, 0.05) is 11.8 Å². The van der Waals surface area contributed by atoms with Gasteiger partial charge in [0.15, 0.2) is 0 Å². The molecule has 0 aliphatic heterocycles. The second kappa shape index (κ2) is 5.43. The fraction of sp³-hybridized carbons (Fsp3) is 0.333. The minimum atomic E-state index is 0.738. The average Bonchev–Trinajstić information content (AvgIpc) is 2.01. The predicted molar refractivity (Wildman–Crippen MR) is 47.3 cm³/mol. The summed E-state index contributed by atoms with van der Waals surface area (Å²) in [4.78, 5) is 3.62. The van der Waals surface area contributed by atoms with Gasteiger partial charge in [0.05, 0.1) is 6.07 Å². The van der Waals surface area contributed by atoms with E-state index in [1.807, 2.05) is 13.0 Å². The zero-order valence-electron chi connectivity index (χ0n) is 6.96. The van der Waals surface area contributed by atoms with Gasteiger partial charge >= 0.3 is 0 Å². The third-order valence-electron chi connectivity index (χ3n) is 1.22. The molecule has 0 spiro atoms. The summed E-state index contributed by atoms with van der Waals surface area (Å²) < 4.78 is 0. The lowest BCUT2D eigenvalue weighted by atomic mass is 10.2. The molecule has 0 aliphatic carbocycles. The Kier molecular flexibility index (Phi) is 4.76. The van der Waals surface area contributed by atoms with E-state index in [1.165, 1.54) is 0 Å². The van der Waals surface area contributed by atoms with Crippen molar-refractivity contribution in [1.82, 2.24) is 0 Å². The number of nitriles is 1. The number of nitrogens with zero attached hydrogens (tertiary/aromatic N) is 2. The minimum absolute atomic E-state index is 0.738. The van der Waals surface area contributed by atoms with Gasteiger partial charge in [-0.05, 0) is 27.0 Å². The third-order valence-corrected chi connectivity index (χ3v) is 1.22. The van der Waals surface area contributed by atoms with Gasteiger partial charge in [-0.15, -0.1) is 0 Å². The number of aliphatic imine (C=N–C) groups is 1. The Hall–Kier alpha value is -1.36. The summed E-state index contributed by atoms with van der Waals surface area (Å²) in [7, 11) is 0. The highest BCUT2D eigenvalue weighted by atomic mass is 14.6. The normalized spacial score (nSPS) is 12.5. The van der Waals surface area contributed by atoms with Crippen LogP contribution in [-0.2, 0) is 0 Å². The van der Waals surface area contributed by atoms with Crippen molar-refractivity contribution in [2.24, 2.45) is 4.99 Å². The Balaban J connectivity index is 4.00. The molecule has 0 amide bonds. The van der Waals surface area contributed by atoms with Crippen LogP contribution in [0.4, 0.5) is 0 Å². The largest absolute Gasteiger partial charge is 0.273 e. The van der Waals surface area contributed by atoms with Crippen LogP contribution in [0.25, 0.3) is 0 Å². The van der Waals surface area contributed by atoms with Crippen LogP contribution >= 0.6 is 0 Å². The van der Waals surface area contributed by atoms with E-state index in [4.69, 9.17) is 5.26 Å². The smallest absolute Gasteiger partial charge is 0.0940 e. The standard InChI is InChI=1S/C9H12N2/c1-8(6-10)4-5-9(2)7-11-3/h4,7H,3,5H2,1-2H3/b8-4+,9-7-. The summed E-state index contributed by atoms with van der Waals surface area (Å²) in [6, 6.07) is 2.05. The van der Waals surface area contributed by atoms with Crippen molar-refractivity contribution in [3.05, 3.63) is 23.4 Å². The first-order valence-corrected chi connectivity index (χ1v) is 3.39. The van der Waals surface area contributed by atoms with Crippen LogP contribution in [0.5, 0.6) is 0 Å². The van der Waals surface area contributed by atoms with E-state index < -0.39 is 0 Å². The zero-order chi connectivity index (χ0) is 8.69. The molecule has 0 rings (SSSR count). The quantitative estimate of drug-likeness (QED) is 0.447. The van der Waals surface area contributed by atoms with Crippen molar-refractivity contribution < 1.29 is 0 Å². The van der Waals surface area contributed by atoms with Gasteiger partial charge in [-0.3, -0.25) is 4.99 Å². The molecule has 0 unspecified atom stereocenters. The van der Waals surface area contributed by atoms with E-state index in [9.17, 15) is 0 Å². The molecule has 0 aromatic carbocycles. The summed E-state index contributed by atoms with van der Waals surface area (Å²) in [5.74, 6) is 0. The van der Waals surface area contributed by atoms with Crippen LogP contribution in [-0.4, -0.2) is 6.72 Å².